The quantitative estimate of drug-likeness (QED) is 0.318. The lowest BCUT2D eigenvalue weighted by Gasteiger charge is -2.09. The van der Waals surface area contributed by atoms with Crippen LogP contribution in [0.2, 0.25) is 5.02 Å². The molecular formula is C25H21ClN2O2S. The largest absolute Gasteiger partial charge is 0.441 e. The van der Waals surface area contributed by atoms with Crippen molar-refractivity contribution in [1.29, 1.82) is 0 Å². The first-order valence-electron chi connectivity index (χ1n) is 9.82. The lowest BCUT2D eigenvalue weighted by atomic mass is 10.1. The van der Waals surface area contributed by atoms with E-state index in [-0.39, 0.29) is 5.91 Å². The zero-order valence-corrected chi connectivity index (χ0v) is 18.8. The number of carbonyl (C=O) groups is 1. The SMILES string of the molecule is Cc1cc(Cl)ccc1NC(=O)c1ccc(-c2nc(CSc3ccccc3)c(C)o2)cc1. The van der Waals surface area contributed by atoms with Crippen molar-refractivity contribution in [3.63, 3.8) is 0 Å². The van der Waals surface area contributed by atoms with E-state index in [2.05, 4.69) is 22.4 Å². The molecule has 4 nitrogen and oxygen atoms in total. The van der Waals surface area contributed by atoms with Crippen molar-refractivity contribution in [3.05, 3.63) is 100 Å². The Morgan fingerprint density at radius 3 is 2.48 bits per heavy atom. The Kier molecular flexibility index (Phi) is 6.44. The number of rotatable bonds is 6. The van der Waals surface area contributed by atoms with Crippen LogP contribution >= 0.6 is 23.4 Å². The molecule has 0 saturated carbocycles. The van der Waals surface area contributed by atoms with Crippen LogP contribution < -0.4 is 5.32 Å². The number of nitrogens with zero attached hydrogens (tertiary/aromatic N) is 1. The summed E-state index contributed by atoms with van der Waals surface area (Å²) >= 11 is 7.70. The van der Waals surface area contributed by atoms with Gasteiger partial charge in [0.15, 0.2) is 0 Å². The van der Waals surface area contributed by atoms with Crippen molar-refractivity contribution in [1.82, 2.24) is 4.98 Å². The number of benzene rings is 3. The van der Waals surface area contributed by atoms with Gasteiger partial charge in [-0.25, -0.2) is 4.98 Å². The number of nitrogens with one attached hydrogen (secondary N) is 1. The number of hydrogen-bond donors (Lipinski definition) is 1. The molecule has 1 heterocycles. The topological polar surface area (TPSA) is 55.1 Å². The van der Waals surface area contributed by atoms with Gasteiger partial charge in [-0.3, -0.25) is 4.79 Å². The third kappa shape index (κ3) is 5.19. The lowest BCUT2D eigenvalue weighted by Crippen LogP contribution is -2.12. The molecule has 1 amide bonds. The molecule has 6 heteroatoms. The summed E-state index contributed by atoms with van der Waals surface area (Å²) in [5.41, 5.74) is 3.96. The summed E-state index contributed by atoms with van der Waals surface area (Å²) in [6, 6.07) is 22.8. The Balaban J connectivity index is 1.44. The number of hydrogen-bond acceptors (Lipinski definition) is 4. The number of aryl methyl sites for hydroxylation is 2. The van der Waals surface area contributed by atoms with Crippen LogP contribution in [-0.4, -0.2) is 10.9 Å². The maximum atomic E-state index is 12.6. The number of aromatic nitrogens is 1. The molecule has 0 aliphatic heterocycles. The number of oxazole rings is 1. The molecular weight excluding hydrogens is 428 g/mol. The van der Waals surface area contributed by atoms with Crippen molar-refractivity contribution in [2.75, 3.05) is 5.32 Å². The summed E-state index contributed by atoms with van der Waals surface area (Å²) < 4.78 is 5.87. The van der Waals surface area contributed by atoms with E-state index in [0.717, 1.165) is 34.0 Å². The zero-order chi connectivity index (χ0) is 21.8. The highest BCUT2D eigenvalue weighted by Gasteiger charge is 2.13. The molecule has 0 radical (unpaired) electrons. The minimum absolute atomic E-state index is 0.180. The van der Waals surface area contributed by atoms with E-state index in [0.29, 0.717) is 16.5 Å². The first-order valence-corrected chi connectivity index (χ1v) is 11.2. The normalized spacial score (nSPS) is 10.8. The summed E-state index contributed by atoms with van der Waals surface area (Å²) in [4.78, 5) is 18.4. The van der Waals surface area contributed by atoms with Crippen LogP contribution in [0.1, 0.15) is 27.4 Å². The van der Waals surface area contributed by atoms with Gasteiger partial charge in [0.1, 0.15) is 5.76 Å². The van der Waals surface area contributed by atoms with Crippen molar-refractivity contribution in [2.24, 2.45) is 0 Å². The Hall–Kier alpha value is -3.02. The molecule has 0 aliphatic carbocycles. The van der Waals surface area contributed by atoms with E-state index in [4.69, 9.17) is 16.0 Å². The van der Waals surface area contributed by atoms with Crippen molar-refractivity contribution in [3.8, 4) is 11.5 Å². The fraction of sp³-hybridized carbons (Fsp3) is 0.120. The second kappa shape index (κ2) is 9.41. The maximum Gasteiger partial charge on any atom is 0.255 e. The molecule has 4 aromatic rings. The van der Waals surface area contributed by atoms with Crippen molar-refractivity contribution >= 4 is 35.0 Å². The Bertz CT molecular complexity index is 1200. The molecule has 4 rings (SSSR count). The number of amides is 1. The van der Waals surface area contributed by atoms with Crippen LogP contribution in [0.15, 0.2) is 82.1 Å². The van der Waals surface area contributed by atoms with Gasteiger partial charge in [0.2, 0.25) is 5.89 Å². The molecule has 156 valence electrons. The standard InChI is InChI=1S/C25H21ClN2O2S/c1-16-14-20(26)12-13-22(16)27-24(29)18-8-10-19(11-9-18)25-28-23(17(2)30-25)15-31-21-6-4-3-5-7-21/h3-14H,15H2,1-2H3,(H,27,29). The second-order valence-electron chi connectivity index (χ2n) is 7.11. The van der Waals surface area contributed by atoms with Crippen LogP contribution in [0.4, 0.5) is 5.69 Å². The predicted octanol–water partition coefficient (Wildman–Crippen LogP) is 7.16. The summed E-state index contributed by atoms with van der Waals surface area (Å²) in [6.07, 6.45) is 0. The van der Waals surface area contributed by atoms with E-state index < -0.39 is 0 Å². The van der Waals surface area contributed by atoms with Crippen LogP contribution in [0, 0.1) is 13.8 Å². The molecule has 0 atom stereocenters. The van der Waals surface area contributed by atoms with Crippen LogP contribution in [0.5, 0.6) is 0 Å². The highest BCUT2D eigenvalue weighted by Crippen LogP contribution is 2.28. The Labute approximate surface area is 190 Å². The van der Waals surface area contributed by atoms with Crippen LogP contribution in [0.25, 0.3) is 11.5 Å². The summed E-state index contributed by atoms with van der Waals surface area (Å²) in [5.74, 6) is 1.92. The van der Waals surface area contributed by atoms with E-state index in [1.165, 1.54) is 4.90 Å². The number of thioether (sulfide) groups is 1. The third-order valence-corrected chi connectivity index (χ3v) is 6.10. The van der Waals surface area contributed by atoms with Crippen molar-refractivity contribution in [2.45, 2.75) is 24.5 Å². The molecule has 3 aromatic carbocycles. The van der Waals surface area contributed by atoms with Gasteiger partial charge in [0.25, 0.3) is 5.91 Å². The first kappa shape index (κ1) is 21.2. The highest BCUT2D eigenvalue weighted by atomic mass is 35.5. The van der Waals surface area contributed by atoms with Crippen LogP contribution in [0.3, 0.4) is 0 Å². The monoisotopic (exact) mass is 448 g/mol. The second-order valence-corrected chi connectivity index (χ2v) is 8.60. The number of halogens is 1. The van der Waals surface area contributed by atoms with E-state index in [1.54, 1.807) is 36.0 Å². The molecule has 0 fully saturated rings. The third-order valence-electron chi connectivity index (χ3n) is 4.84. The fourth-order valence-corrected chi connectivity index (χ4v) is 4.23. The molecule has 1 aromatic heterocycles. The molecule has 0 bridgehead atoms. The molecule has 1 N–H and O–H groups in total. The summed E-state index contributed by atoms with van der Waals surface area (Å²) in [5, 5.41) is 3.56. The van der Waals surface area contributed by atoms with E-state index >= 15 is 0 Å². The Morgan fingerprint density at radius 1 is 1.03 bits per heavy atom. The van der Waals surface area contributed by atoms with Gasteiger partial charge in [-0.15, -0.1) is 11.8 Å². The zero-order valence-electron chi connectivity index (χ0n) is 17.2. The van der Waals surface area contributed by atoms with Gasteiger partial charge in [0, 0.05) is 32.5 Å². The molecule has 31 heavy (non-hydrogen) atoms. The van der Waals surface area contributed by atoms with Gasteiger partial charge in [-0.2, -0.15) is 0 Å². The molecule has 0 unspecified atom stereocenters. The van der Waals surface area contributed by atoms with E-state index in [9.17, 15) is 4.79 Å². The number of carbonyl (C=O) groups excluding carboxylic acids is 1. The number of anilines is 1. The Morgan fingerprint density at radius 2 is 1.77 bits per heavy atom. The van der Waals surface area contributed by atoms with E-state index in [1.807, 2.05) is 50.2 Å². The minimum atomic E-state index is -0.180. The fourth-order valence-electron chi connectivity index (χ4n) is 3.08. The van der Waals surface area contributed by atoms with Gasteiger partial charge >= 0.3 is 0 Å². The highest BCUT2D eigenvalue weighted by molar-refractivity contribution is 7.98. The van der Waals surface area contributed by atoms with Gasteiger partial charge < -0.3 is 9.73 Å². The summed E-state index contributed by atoms with van der Waals surface area (Å²) in [7, 11) is 0. The molecule has 0 spiro atoms. The predicted molar refractivity (Wildman–Crippen MR) is 127 cm³/mol. The smallest absolute Gasteiger partial charge is 0.255 e. The van der Waals surface area contributed by atoms with Gasteiger partial charge in [-0.05, 0) is 74.0 Å². The lowest BCUT2D eigenvalue weighted by molar-refractivity contribution is 0.102. The first-order chi connectivity index (χ1) is 15.0. The van der Waals surface area contributed by atoms with Crippen molar-refractivity contribution < 1.29 is 9.21 Å². The van der Waals surface area contributed by atoms with Gasteiger partial charge in [-0.1, -0.05) is 29.8 Å². The molecule has 0 aliphatic rings. The average molecular weight is 449 g/mol. The summed E-state index contributed by atoms with van der Waals surface area (Å²) in [6.45, 7) is 3.83. The minimum Gasteiger partial charge on any atom is -0.441 e. The average Bonchev–Trinajstić information content (AvgIpc) is 3.15. The molecule has 0 saturated heterocycles. The van der Waals surface area contributed by atoms with Crippen LogP contribution in [-0.2, 0) is 5.75 Å². The maximum absolute atomic E-state index is 12.6. The van der Waals surface area contributed by atoms with Gasteiger partial charge in [0.05, 0.1) is 5.69 Å².